The first-order valence-electron chi connectivity index (χ1n) is 6.51. The van der Waals surface area contributed by atoms with Crippen LogP contribution in [0.1, 0.15) is 14.7 Å². The summed E-state index contributed by atoms with van der Waals surface area (Å²) in [5, 5.41) is 11.2. The number of nitrogens with zero attached hydrogens (tertiary/aromatic N) is 2. The average molecular weight is 368 g/mol. The number of aromatic nitrogens is 1. The largest absolute Gasteiger partial charge is 0.477 e. The number of rotatable bonds is 5. The smallest absolute Gasteiger partial charge is 0.347 e. The number of carboxylic acids is 1. The molecule has 6 nitrogen and oxygen atoms in total. The van der Waals surface area contributed by atoms with E-state index in [0.29, 0.717) is 5.01 Å². The van der Waals surface area contributed by atoms with Gasteiger partial charge in [0.25, 0.3) is 0 Å². The van der Waals surface area contributed by atoms with E-state index in [1.165, 1.54) is 29.8 Å². The average Bonchev–Trinajstić information content (AvgIpc) is 3.13. The van der Waals surface area contributed by atoms with Crippen LogP contribution in [0.2, 0.25) is 0 Å². The van der Waals surface area contributed by atoms with Gasteiger partial charge in [-0.25, -0.2) is 18.2 Å². The van der Waals surface area contributed by atoms with Gasteiger partial charge >= 0.3 is 5.97 Å². The van der Waals surface area contributed by atoms with E-state index in [0.717, 1.165) is 25.9 Å². The Labute approximate surface area is 140 Å². The summed E-state index contributed by atoms with van der Waals surface area (Å²) in [5.41, 5.74) is 0.819. The third-order valence-corrected chi connectivity index (χ3v) is 7.11. The van der Waals surface area contributed by atoms with Gasteiger partial charge in [-0.05, 0) is 23.6 Å². The lowest BCUT2D eigenvalue weighted by atomic mass is 10.3. The molecule has 0 aliphatic heterocycles. The molecule has 0 amide bonds. The summed E-state index contributed by atoms with van der Waals surface area (Å²) in [6.45, 7) is 0.0938. The molecule has 1 N–H and O–H groups in total. The highest BCUT2D eigenvalue weighted by atomic mass is 32.2. The highest BCUT2D eigenvalue weighted by molar-refractivity contribution is 7.89. The number of hydrogen-bond donors (Lipinski definition) is 1. The monoisotopic (exact) mass is 368 g/mol. The highest BCUT2D eigenvalue weighted by Gasteiger charge is 2.28. The van der Waals surface area contributed by atoms with Gasteiger partial charge < -0.3 is 5.11 Å². The van der Waals surface area contributed by atoms with Crippen molar-refractivity contribution < 1.29 is 18.3 Å². The molecule has 0 saturated carbocycles. The fraction of sp³-hybridized carbons (Fsp3) is 0.143. The molecule has 0 fully saturated rings. The van der Waals surface area contributed by atoms with Crippen molar-refractivity contribution in [2.75, 3.05) is 7.05 Å². The van der Waals surface area contributed by atoms with Crippen molar-refractivity contribution in [1.82, 2.24) is 9.29 Å². The summed E-state index contributed by atoms with van der Waals surface area (Å²) in [5.74, 6) is -1.24. The number of carboxylic acid groups (broad SMARTS) is 1. The first kappa shape index (κ1) is 16.1. The van der Waals surface area contributed by atoms with Crippen LogP contribution < -0.4 is 0 Å². The van der Waals surface area contributed by atoms with E-state index in [-0.39, 0.29) is 16.3 Å². The Balaban J connectivity index is 1.91. The van der Waals surface area contributed by atoms with Crippen LogP contribution >= 0.6 is 22.7 Å². The molecule has 2 heterocycles. The molecule has 3 rings (SSSR count). The van der Waals surface area contributed by atoms with Crippen LogP contribution in [0.4, 0.5) is 0 Å². The van der Waals surface area contributed by atoms with Gasteiger partial charge in [0, 0.05) is 7.05 Å². The minimum absolute atomic E-state index is 0.0938. The van der Waals surface area contributed by atoms with Gasteiger partial charge in [-0.2, -0.15) is 4.31 Å². The van der Waals surface area contributed by atoms with E-state index in [1.54, 1.807) is 0 Å². The summed E-state index contributed by atoms with van der Waals surface area (Å²) in [6.07, 6.45) is 0. The third-order valence-electron chi connectivity index (χ3n) is 3.21. The maximum atomic E-state index is 12.6. The predicted octanol–water partition coefficient (Wildman–Crippen LogP) is 2.88. The van der Waals surface area contributed by atoms with Crippen molar-refractivity contribution in [1.29, 1.82) is 0 Å². The van der Waals surface area contributed by atoms with Gasteiger partial charge in [0.2, 0.25) is 10.0 Å². The molecular formula is C14H12N2O4S3. The first-order chi connectivity index (χ1) is 10.9. The van der Waals surface area contributed by atoms with Crippen LogP contribution in [0.25, 0.3) is 10.2 Å². The maximum Gasteiger partial charge on any atom is 0.347 e. The van der Waals surface area contributed by atoms with Crippen LogP contribution in [-0.2, 0) is 16.6 Å². The lowest BCUT2D eigenvalue weighted by Crippen LogP contribution is -2.27. The van der Waals surface area contributed by atoms with E-state index < -0.39 is 16.0 Å². The molecule has 0 unspecified atom stereocenters. The van der Waals surface area contributed by atoms with Crippen molar-refractivity contribution >= 4 is 48.9 Å². The van der Waals surface area contributed by atoms with Gasteiger partial charge in [0.15, 0.2) is 0 Å². The maximum absolute atomic E-state index is 12.6. The molecule has 0 spiro atoms. The molecule has 0 saturated heterocycles. The zero-order valence-electron chi connectivity index (χ0n) is 12.0. The lowest BCUT2D eigenvalue weighted by molar-refractivity contribution is 0.0698. The predicted molar refractivity (Wildman–Crippen MR) is 89.6 cm³/mol. The molecule has 0 radical (unpaired) electrons. The molecule has 3 aromatic rings. The number of carbonyl (C=O) groups is 1. The summed E-state index contributed by atoms with van der Waals surface area (Å²) >= 11 is 2.31. The Kier molecular flexibility index (Phi) is 4.19. The Hall–Kier alpha value is -1.81. The number of fused-ring (bicyclic) bond motifs is 1. The van der Waals surface area contributed by atoms with Crippen LogP contribution in [0.3, 0.4) is 0 Å². The zero-order valence-corrected chi connectivity index (χ0v) is 14.4. The number of thiophene rings is 1. The van der Waals surface area contributed by atoms with Gasteiger partial charge in [0.1, 0.15) is 14.8 Å². The number of benzene rings is 1. The molecule has 2 aromatic heterocycles. The van der Waals surface area contributed by atoms with Crippen molar-refractivity contribution in [3.63, 3.8) is 0 Å². The lowest BCUT2D eigenvalue weighted by Gasteiger charge is -2.15. The van der Waals surface area contributed by atoms with Crippen LogP contribution in [-0.4, -0.2) is 35.8 Å². The van der Waals surface area contributed by atoms with E-state index in [4.69, 9.17) is 5.11 Å². The second kappa shape index (κ2) is 6.00. The highest BCUT2D eigenvalue weighted by Crippen LogP contribution is 2.27. The molecule has 9 heteroatoms. The van der Waals surface area contributed by atoms with Crippen molar-refractivity contribution in [3.8, 4) is 0 Å². The summed E-state index contributed by atoms with van der Waals surface area (Å²) in [7, 11) is -2.46. The fourth-order valence-corrected chi connectivity index (χ4v) is 5.55. The second-order valence-electron chi connectivity index (χ2n) is 4.76. The Morgan fingerprint density at radius 3 is 2.74 bits per heavy atom. The van der Waals surface area contributed by atoms with E-state index >= 15 is 0 Å². The van der Waals surface area contributed by atoms with Crippen LogP contribution in [0.5, 0.6) is 0 Å². The number of hydrogen-bond acceptors (Lipinski definition) is 6. The first-order valence-corrected chi connectivity index (χ1v) is 9.65. The standard InChI is InChI=1S/C14H12N2O4S3/c1-16(8-12-15-9-4-2-3-5-10(9)22-12)23(19,20)11-6-7-21-13(11)14(17)18/h2-7H,8H2,1H3,(H,17,18). The summed E-state index contributed by atoms with van der Waals surface area (Å²) in [6, 6.07) is 8.88. The Bertz CT molecular complexity index is 942. The Morgan fingerprint density at radius 2 is 2.04 bits per heavy atom. The topological polar surface area (TPSA) is 87.6 Å². The van der Waals surface area contributed by atoms with Gasteiger partial charge in [-0.15, -0.1) is 22.7 Å². The quantitative estimate of drug-likeness (QED) is 0.748. The number of thiazole rings is 1. The number of aromatic carboxylic acids is 1. The van der Waals surface area contributed by atoms with Crippen molar-refractivity contribution in [3.05, 3.63) is 45.6 Å². The minimum Gasteiger partial charge on any atom is -0.477 e. The third kappa shape index (κ3) is 3.00. The van der Waals surface area contributed by atoms with Crippen molar-refractivity contribution in [2.24, 2.45) is 0 Å². The molecule has 1 aromatic carbocycles. The van der Waals surface area contributed by atoms with Gasteiger partial charge in [-0.3, -0.25) is 0 Å². The summed E-state index contributed by atoms with van der Waals surface area (Å²) in [4.78, 5) is 15.2. The fourth-order valence-electron chi connectivity index (χ4n) is 2.09. The van der Waals surface area contributed by atoms with E-state index in [2.05, 4.69) is 4.98 Å². The second-order valence-corrected chi connectivity index (χ2v) is 8.80. The molecule has 0 aliphatic carbocycles. The van der Waals surface area contributed by atoms with E-state index in [1.807, 2.05) is 24.3 Å². The summed E-state index contributed by atoms with van der Waals surface area (Å²) < 4.78 is 27.3. The molecule has 23 heavy (non-hydrogen) atoms. The minimum atomic E-state index is -3.88. The number of para-hydroxylation sites is 1. The molecule has 0 atom stereocenters. The van der Waals surface area contributed by atoms with Crippen LogP contribution in [0, 0.1) is 0 Å². The SMILES string of the molecule is CN(Cc1nc2ccccc2s1)S(=O)(=O)c1ccsc1C(=O)O. The van der Waals surface area contributed by atoms with Gasteiger partial charge in [0.05, 0.1) is 16.8 Å². The van der Waals surface area contributed by atoms with Gasteiger partial charge in [-0.1, -0.05) is 12.1 Å². The zero-order chi connectivity index (χ0) is 16.6. The normalized spacial score (nSPS) is 12.1. The van der Waals surface area contributed by atoms with E-state index in [9.17, 15) is 13.2 Å². The van der Waals surface area contributed by atoms with Crippen LogP contribution in [0.15, 0.2) is 40.6 Å². The van der Waals surface area contributed by atoms with Crippen molar-refractivity contribution in [2.45, 2.75) is 11.4 Å². The molecule has 0 aliphatic rings. The molecule has 0 bridgehead atoms. The molecule has 120 valence electrons. The molecular weight excluding hydrogens is 356 g/mol. The Morgan fingerprint density at radius 1 is 1.30 bits per heavy atom. The number of sulfonamides is 1.